The van der Waals surface area contributed by atoms with Crippen LogP contribution in [0.3, 0.4) is 0 Å². The van der Waals surface area contributed by atoms with Gasteiger partial charge in [0.2, 0.25) is 10.0 Å². The molecule has 1 amide bonds. The van der Waals surface area contributed by atoms with Crippen molar-refractivity contribution in [1.29, 1.82) is 0 Å². The lowest BCUT2D eigenvalue weighted by molar-refractivity contribution is 0.0952. The van der Waals surface area contributed by atoms with Crippen LogP contribution in [0.1, 0.15) is 23.7 Å². The highest BCUT2D eigenvalue weighted by molar-refractivity contribution is 7.89. The highest BCUT2D eigenvalue weighted by atomic mass is 32.2. The second-order valence-corrected chi connectivity index (χ2v) is 7.55. The third kappa shape index (κ3) is 4.62. The molecule has 0 fully saturated rings. The molecule has 2 aromatic rings. The molecule has 0 radical (unpaired) electrons. The van der Waals surface area contributed by atoms with Crippen molar-refractivity contribution in [2.45, 2.75) is 13.3 Å². The predicted molar refractivity (Wildman–Crippen MR) is 90.4 cm³/mol. The van der Waals surface area contributed by atoms with Crippen LogP contribution in [-0.4, -0.2) is 59.3 Å². The summed E-state index contributed by atoms with van der Waals surface area (Å²) >= 11 is 0. The smallest absolute Gasteiger partial charge is 0.252 e. The molecule has 0 saturated heterocycles. The molecule has 0 saturated carbocycles. The Hall–Kier alpha value is -2.26. The number of nitrogens with zero attached hydrogens (tertiary/aromatic N) is 4. The lowest BCUT2D eigenvalue weighted by Crippen LogP contribution is -2.32. The van der Waals surface area contributed by atoms with Crippen molar-refractivity contribution in [3.05, 3.63) is 42.4 Å². The predicted octanol–water partition coefficient (Wildman–Crippen LogP) is 0.669. The van der Waals surface area contributed by atoms with Crippen LogP contribution in [-0.2, 0) is 10.0 Å². The molecular formula is C15H21N5O3S. The fourth-order valence-corrected chi connectivity index (χ4v) is 2.87. The topological polar surface area (TPSA) is 97.2 Å². The van der Waals surface area contributed by atoms with Gasteiger partial charge in [0, 0.05) is 38.7 Å². The number of hydrogen-bond donors (Lipinski definition) is 1. The summed E-state index contributed by atoms with van der Waals surface area (Å²) in [6.45, 7) is 2.36. The van der Waals surface area contributed by atoms with Gasteiger partial charge in [0.05, 0.1) is 11.3 Å². The van der Waals surface area contributed by atoms with Gasteiger partial charge in [-0.1, -0.05) is 0 Å². The fraction of sp³-hybridized carbons (Fsp3) is 0.400. The maximum atomic E-state index is 12.0. The Morgan fingerprint density at radius 1 is 1.38 bits per heavy atom. The van der Waals surface area contributed by atoms with Crippen LogP contribution in [0, 0.1) is 0 Å². The maximum absolute atomic E-state index is 12.0. The van der Waals surface area contributed by atoms with Crippen molar-refractivity contribution in [2.75, 3.05) is 25.9 Å². The monoisotopic (exact) mass is 351 g/mol. The second kappa shape index (κ2) is 8.02. The number of sulfonamides is 1. The molecule has 1 N–H and O–H groups in total. The van der Waals surface area contributed by atoms with E-state index in [0.29, 0.717) is 30.9 Å². The number of carbonyl (C=O) groups is 1. The minimum absolute atomic E-state index is 0.0735. The van der Waals surface area contributed by atoms with E-state index in [1.54, 1.807) is 49.2 Å². The van der Waals surface area contributed by atoms with E-state index < -0.39 is 10.0 Å². The summed E-state index contributed by atoms with van der Waals surface area (Å²) in [7, 11) is -1.63. The van der Waals surface area contributed by atoms with Crippen LogP contribution in [0.2, 0.25) is 0 Å². The Morgan fingerprint density at radius 3 is 2.75 bits per heavy atom. The third-order valence-corrected chi connectivity index (χ3v) is 5.39. The number of aromatic nitrogens is 3. The molecule has 24 heavy (non-hydrogen) atoms. The lowest BCUT2D eigenvalue weighted by atomic mass is 10.2. The zero-order valence-corrected chi connectivity index (χ0v) is 14.5. The third-order valence-electron chi connectivity index (χ3n) is 3.52. The molecule has 130 valence electrons. The van der Waals surface area contributed by atoms with Gasteiger partial charge in [0.15, 0.2) is 5.82 Å². The SMILES string of the molecule is CCS(=O)(=O)N(C)CCCNC(=O)c1ccc(-n2cccn2)nc1. The molecule has 0 aromatic carbocycles. The van der Waals surface area contributed by atoms with Gasteiger partial charge < -0.3 is 5.32 Å². The fourth-order valence-electron chi connectivity index (χ4n) is 2.03. The van der Waals surface area contributed by atoms with E-state index >= 15 is 0 Å². The number of pyridine rings is 1. The largest absolute Gasteiger partial charge is 0.352 e. The van der Waals surface area contributed by atoms with Gasteiger partial charge in [-0.2, -0.15) is 5.10 Å². The van der Waals surface area contributed by atoms with Gasteiger partial charge in [-0.15, -0.1) is 0 Å². The van der Waals surface area contributed by atoms with Gasteiger partial charge in [0.25, 0.3) is 5.91 Å². The quantitative estimate of drug-likeness (QED) is 0.705. The summed E-state index contributed by atoms with van der Waals surface area (Å²) < 4.78 is 26.1. The van der Waals surface area contributed by atoms with Crippen molar-refractivity contribution in [1.82, 2.24) is 24.4 Å². The molecule has 2 aromatic heterocycles. The minimum Gasteiger partial charge on any atom is -0.352 e. The zero-order valence-electron chi connectivity index (χ0n) is 13.7. The number of hydrogen-bond acceptors (Lipinski definition) is 5. The average molecular weight is 351 g/mol. The van der Waals surface area contributed by atoms with E-state index in [1.807, 2.05) is 0 Å². The highest BCUT2D eigenvalue weighted by Crippen LogP contribution is 2.05. The number of amides is 1. The second-order valence-electron chi connectivity index (χ2n) is 5.19. The Bertz CT molecular complexity index is 757. The van der Waals surface area contributed by atoms with Crippen molar-refractivity contribution in [3.8, 4) is 5.82 Å². The van der Waals surface area contributed by atoms with E-state index in [-0.39, 0.29) is 11.7 Å². The van der Waals surface area contributed by atoms with Crippen molar-refractivity contribution in [2.24, 2.45) is 0 Å². The molecule has 0 atom stereocenters. The summed E-state index contributed by atoms with van der Waals surface area (Å²) in [5.41, 5.74) is 0.445. The van der Waals surface area contributed by atoms with Crippen LogP contribution in [0.25, 0.3) is 5.82 Å². The Labute approximate surface area is 141 Å². The zero-order chi connectivity index (χ0) is 17.6. The van der Waals surface area contributed by atoms with Crippen LogP contribution in [0.4, 0.5) is 0 Å². The Kier molecular flexibility index (Phi) is 6.04. The maximum Gasteiger partial charge on any atom is 0.252 e. The Morgan fingerprint density at radius 2 is 2.17 bits per heavy atom. The summed E-state index contributed by atoms with van der Waals surface area (Å²) in [6, 6.07) is 5.18. The summed E-state index contributed by atoms with van der Waals surface area (Å²) in [6.07, 6.45) is 5.45. The summed E-state index contributed by atoms with van der Waals surface area (Å²) in [5.74, 6) is 0.461. The van der Waals surface area contributed by atoms with Gasteiger partial charge in [-0.05, 0) is 31.5 Å². The lowest BCUT2D eigenvalue weighted by Gasteiger charge is -2.15. The molecule has 0 aliphatic heterocycles. The van der Waals surface area contributed by atoms with Gasteiger partial charge in [-0.25, -0.2) is 22.4 Å². The molecule has 0 aliphatic carbocycles. The molecule has 0 spiro atoms. The Balaban J connectivity index is 1.81. The number of rotatable bonds is 8. The molecule has 2 rings (SSSR count). The normalized spacial score (nSPS) is 11.6. The first-order valence-electron chi connectivity index (χ1n) is 7.62. The summed E-state index contributed by atoms with van der Waals surface area (Å²) in [4.78, 5) is 16.2. The first kappa shape index (κ1) is 18.1. The molecule has 0 unspecified atom stereocenters. The highest BCUT2D eigenvalue weighted by Gasteiger charge is 2.14. The van der Waals surface area contributed by atoms with Crippen LogP contribution in [0.5, 0.6) is 0 Å². The van der Waals surface area contributed by atoms with Crippen LogP contribution < -0.4 is 5.32 Å². The van der Waals surface area contributed by atoms with E-state index in [1.165, 1.54) is 10.5 Å². The first-order chi connectivity index (χ1) is 11.4. The molecular weight excluding hydrogens is 330 g/mol. The molecule has 0 bridgehead atoms. The summed E-state index contributed by atoms with van der Waals surface area (Å²) in [5, 5.41) is 6.82. The van der Waals surface area contributed by atoms with Crippen LogP contribution >= 0.6 is 0 Å². The first-order valence-corrected chi connectivity index (χ1v) is 9.23. The van der Waals surface area contributed by atoms with Gasteiger partial charge >= 0.3 is 0 Å². The van der Waals surface area contributed by atoms with Gasteiger partial charge in [0.1, 0.15) is 0 Å². The number of nitrogens with one attached hydrogen (secondary N) is 1. The molecule has 2 heterocycles. The molecule has 0 aliphatic rings. The van der Waals surface area contributed by atoms with Crippen molar-refractivity contribution >= 4 is 15.9 Å². The van der Waals surface area contributed by atoms with Crippen molar-refractivity contribution in [3.63, 3.8) is 0 Å². The van der Waals surface area contributed by atoms with Crippen molar-refractivity contribution < 1.29 is 13.2 Å². The van der Waals surface area contributed by atoms with E-state index in [0.717, 1.165) is 0 Å². The van der Waals surface area contributed by atoms with E-state index in [2.05, 4.69) is 15.4 Å². The van der Waals surface area contributed by atoms with Crippen LogP contribution in [0.15, 0.2) is 36.8 Å². The van der Waals surface area contributed by atoms with Gasteiger partial charge in [-0.3, -0.25) is 4.79 Å². The molecule has 8 nitrogen and oxygen atoms in total. The minimum atomic E-state index is -3.18. The van der Waals surface area contributed by atoms with E-state index in [4.69, 9.17) is 0 Å². The molecule has 9 heteroatoms. The number of carbonyl (C=O) groups excluding carboxylic acids is 1. The van der Waals surface area contributed by atoms with E-state index in [9.17, 15) is 13.2 Å². The standard InChI is InChI=1S/C15H21N5O3S/c1-3-24(22,23)19(2)10-4-8-16-15(21)13-6-7-14(17-12-13)20-11-5-9-18-20/h5-7,9,11-12H,3-4,8,10H2,1-2H3,(H,16,21). The average Bonchev–Trinajstić information content (AvgIpc) is 3.13.